The number of carbonyl (C=O) groups excluding carboxylic acids is 3. The molecule has 4 aromatic rings. The summed E-state index contributed by atoms with van der Waals surface area (Å²) in [7, 11) is 3.90. The Bertz CT molecular complexity index is 1640. The molecule has 9 nitrogen and oxygen atoms in total. The van der Waals surface area contributed by atoms with Crippen LogP contribution < -0.4 is 15.5 Å². The molecule has 1 saturated heterocycles. The van der Waals surface area contributed by atoms with Crippen LogP contribution in [0.1, 0.15) is 41.3 Å². The van der Waals surface area contributed by atoms with Gasteiger partial charge in [0.05, 0.1) is 5.69 Å². The maximum Gasteiger partial charge on any atom is 0.318 e. The van der Waals surface area contributed by atoms with Crippen molar-refractivity contribution in [1.29, 1.82) is 0 Å². The van der Waals surface area contributed by atoms with E-state index in [1.807, 2.05) is 68.5 Å². The fourth-order valence-corrected chi connectivity index (χ4v) is 5.79. The number of aromatic nitrogens is 1. The van der Waals surface area contributed by atoms with Gasteiger partial charge in [-0.25, -0.2) is 9.18 Å². The monoisotopic (exact) mass is 598 g/mol. The highest BCUT2D eigenvalue weighted by molar-refractivity contribution is 6.06. The van der Waals surface area contributed by atoms with Crippen LogP contribution in [0.2, 0.25) is 0 Å². The summed E-state index contributed by atoms with van der Waals surface area (Å²) >= 11 is 0. The summed E-state index contributed by atoms with van der Waals surface area (Å²) in [5.74, 6) is -1.27. The maximum atomic E-state index is 14.1. The number of fused-ring (bicyclic) bond motifs is 1. The molecule has 10 heteroatoms. The van der Waals surface area contributed by atoms with E-state index in [0.29, 0.717) is 44.0 Å². The Kier molecular flexibility index (Phi) is 9.29. The lowest BCUT2D eigenvalue weighted by Gasteiger charge is -2.37. The van der Waals surface area contributed by atoms with Crippen LogP contribution in [0.4, 0.5) is 20.6 Å². The average Bonchev–Trinajstić information content (AvgIpc) is 3.44. The van der Waals surface area contributed by atoms with E-state index in [9.17, 15) is 18.8 Å². The molecule has 5 rings (SSSR count). The number of Topliss-reactive ketones (excluding diaryl/α,β-unsaturated/α-hetero) is 1. The number of carbonyl (C=O) groups is 3. The second-order valence-electron chi connectivity index (χ2n) is 11.6. The van der Waals surface area contributed by atoms with Crippen LogP contribution in [0.5, 0.6) is 0 Å². The average molecular weight is 599 g/mol. The first-order chi connectivity index (χ1) is 21.1. The van der Waals surface area contributed by atoms with E-state index in [-0.39, 0.29) is 17.6 Å². The summed E-state index contributed by atoms with van der Waals surface area (Å²) in [6.45, 7) is 6.07. The Morgan fingerprint density at radius 2 is 1.68 bits per heavy atom. The predicted octanol–water partition coefficient (Wildman–Crippen LogP) is 5.21. The zero-order valence-corrected chi connectivity index (χ0v) is 25.6. The van der Waals surface area contributed by atoms with Gasteiger partial charge in [0, 0.05) is 67.0 Å². The predicted molar refractivity (Wildman–Crippen MR) is 172 cm³/mol. The molecule has 0 radical (unpaired) electrons. The molecule has 0 bridgehead atoms. The lowest BCUT2D eigenvalue weighted by Crippen LogP contribution is -2.56. The number of piperazine rings is 1. The summed E-state index contributed by atoms with van der Waals surface area (Å²) in [6, 6.07) is 18.3. The molecule has 0 saturated carbocycles. The molecule has 2 atom stereocenters. The van der Waals surface area contributed by atoms with E-state index in [2.05, 4.69) is 20.5 Å². The molecule has 0 aliphatic carbocycles. The molecule has 1 aliphatic rings. The number of benzene rings is 3. The van der Waals surface area contributed by atoms with Gasteiger partial charge in [-0.1, -0.05) is 31.2 Å². The van der Waals surface area contributed by atoms with Gasteiger partial charge in [0.2, 0.25) is 5.91 Å². The first kappa shape index (κ1) is 30.7. The zero-order valence-electron chi connectivity index (χ0n) is 25.6. The molecule has 1 aliphatic heterocycles. The largest absolute Gasteiger partial charge is 0.368 e. The lowest BCUT2D eigenvalue weighted by molar-refractivity contribution is -0.118. The molecular weight excluding hydrogens is 559 g/mol. The van der Waals surface area contributed by atoms with Crippen molar-refractivity contribution in [3.63, 3.8) is 0 Å². The van der Waals surface area contributed by atoms with E-state index in [1.165, 1.54) is 19.1 Å². The van der Waals surface area contributed by atoms with Crippen LogP contribution in [-0.2, 0) is 11.3 Å². The molecule has 3 N–H and O–H groups in total. The standard InChI is InChI=1S/C34H39FN6O3/c1-22(29-20-36-30-8-6-5-7-28(29)30)32(33(43)37-31-19-24(21-39(3)4)9-14-27(31)23(2)42)38-34(44)41-17-15-40(16-18-41)26-12-10-25(35)11-13-26/h5-14,19-20,22,32,36H,15-18,21H2,1-4H3,(H,37,43)(H,38,44)/t22-,32-/m1/s1. The molecular formula is C34H39FN6O3. The Morgan fingerprint density at radius 1 is 0.977 bits per heavy atom. The Morgan fingerprint density at radius 3 is 2.36 bits per heavy atom. The molecule has 1 aromatic heterocycles. The summed E-state index contributed by atoms with van der Waals surface area (Å²) in [5, 5.41) is 6.96. The molecule has 44 heavy (non-hydrogen) atoms. The third-order valence-electron chi connectivity index (χ3n) is 8.15. The van der Waals surface area contributed by atoms with Gasteiger partial charge in [-0.05, 0) is 74.6 Å². The third kappa shape index (κ3) is 6.92. The van der Waals surface area contributed by atoms with Gasteiger partial charge in [-0.2, -0.15) is 0 Å². The lowest BCUT2D eigenvalue weighted by atomic mass is 9.92. The van der Waals surface area contributed by atoms with Crippen LogP contribution in [0.3, 0.4) is 0 Å². The highest BCUT2D eigenvalue weighted by Gasteiger charge is 2.32. The van der Waals surface area contributed by atoms with Gasteiger partial charge < -0.3 is 30.3 Å². The summed E-state index contributed by atoms with van der Waals surface area (Å²) in [6.07, 6.45) is 1.88. The summed E-state index contributed by atoms with van der Waals surface area (Å²) in [4.78, 5) is 49.3. The number of hydrogen-bond acceptors (Lipinski definition) is 5. The Balaban J connectivity index is 1.38. The number of H-pyrrole nitrogens is 1. The number of rotatable bonds is 9. The first-order valence-corrected chi connectivity index (χ1v) is 14.8. The number of amides is 3. The highest BCUT2D eigenvalue weighted by atomic mass is 19.1. The molecule has 3 aromatic carbocycles. The van der Waals surface area contributed by atoms with E-state index in [0.717, 1.165) is 27.7 Å². The number of nitrogens with one attached hydrogen (secondary N) is 3. The van der Waals surface area contributed by atoms with Crippen molar-refractivity contribution in [1.82, 2.24) is 20.1 Å². The Hall–Kier alpha value is -4.70. The van der Waals surface area contributed by atoms with Crippen molar-refractivity contribution in [2.45, 2.75) is 32.4 Å². The minimum Gasteiger partial charge on any atom is -0.368 e. The number of halogens is 1. The van der Waals surface area contributed by atoms with Crippen LogP contribution in [-0.4, -0.2) is 78.8 Å². The van der Waals surface area contributed by atoms with Crippen molar-refractivity contribution in [3.05, 3.63) is 95.4 Å². The van der Waals surface area contributed by atoms with Crippen molar-refractivity contribution < 1.29 is 18.8 Å². The molecule has 3 amide bonds. The number of urea groups is 1. The number of ketones is 1. The van der Waals surface area contributed by atoms with Crippen LogP contribution in [0, 0.1) is 5.82 Å². The fraction of sp³-hybridized carbons (Fsp3) is 0.324. The van der Waals surface area contributed by atoms with Crippen molar-refractivity contribution in [3.8, 4) is 0 Å². The Labute approximate surface area is 257 Å². The van der Waals surface area contributed by atoms with Crippen molar-refractivity contribution in [2.24, 2.45) is 0 Å². The fourth-order valence-electron chi connectivity index (χ4n) is 5.79. The third-order valence-corrected chi connectivity index (χ3v) is 8.15. The van der Waals surface area contributed by atoms with E-state index in [4.69, 9.17) is 0 Å². The van der Waals surface area contributed by atoms with Gasteiger partial charge in [0.1, 0.15) is 11.9 Å². The number of anilines is 2. The molecule has 2 heterocycles. The first-order valence-electron chi connectivity index (χ1n) is 14.8. The summed E-state index contributed by atoms with van der Waals surface area (Å²) < 4.78 is 13.4. The SMILES string of the molecule is CC(=O)c1ccc(CN(C)C)cc1NC(=O)[C@H](NC(=O)N1CCN(c2ccc(F)cc2)CC1)[C@H](C)c1c[nH]c2ccccc12. The second-order valence-corrected chi connectivity index (χ2v) is 11.6. The molecule has 0 unspecified atom stereocenters. The van der Waals surface area contributed by atoms with Gasteiger partial charge >= 0.3 is 6.03 Å². The van der Waals surface area contributed by atoms with Crippen LogP contribution >= 0.6 is 0 Å². The van der Waals surface area contributed by atoms with Gasteiger partial charge in [-0.15, -0.1) is 0 Å². The zero-order chi connectivity index (χ0) is 31.4. The normalized spacial score (nSPS) is 14.9. The van der Waals surface area contributed by atoms with E-state index < -0.39 is 17.9 Å². The van der Waals surface area contributed by atoms with Gasteiger partial charge in [-0.3, -0.25) is 9.59 Å². The van der Waals surface area contributed by atoms with Crippen LogP contribution in [0.15, 0.2) is 72.9 Å². The highest BCUT2D eigenvalue weighted by Crippen LogP contribution is 2.29. The topological polar surface area (TPSA) is 101 Å². The minimum atomic E-state index is -0.936. The van der Waals surface area contributed by atoms with E-state index >= 15 is 0 Å². The minimum absolute atomic E-state index is 0.166. The van der Waals surface area contributed by atoms with Crippen molar-refractivity contribution >= 4 is 40.0 Å². The van der Waals surface area contributed by atoms with Gasteiger partial charge in [0.25, 0.3) is 0 Å². The number of nitrogens with zero attached hydrogens (tertiary/aromatic N) is 3. The number of aromatic amines is 1. The van der Waals surface area contributed by atoms with Crippen LogP contribution in [0.25, 0.3) is 10.9 Å². The molecule has 0 spiro atoms. The maximum absolute atomic E-state index is 14.1. The van der Waals surface area contributed by atoms with Crippen molar-refractivity contribution in [2.75, 3.05) is 50.5 Å². The molecule has 1 fully saturated rings. The molecule has 230 valence electrons. The summed E-state index contributed by atoms with van der Waals surface area (Å²) in [5.41, 5.74) is 4.50. The smallest absolute Gasteiger partial charge is 0.318 e. The second kappa shape index (κ2) is 13.3. The quantitative estimate of drug-likeness (QED) is 0.230. The number of para-hydroxylation sites is 1. The van der Waals surface area contributed by atoms with E-state index in [1.54, 1.807) is 23.1 Å². The number of hydrogen-bond donors (Lipinski definition) is 3. The van der Waals surface area contributed by atoms with Gasteiger partial charge in [0.15, 0.2) is 5.78 Å².